The van der Waals surface area contributed by atoms with Crippen molar-refractivity contribution in [1.82, 2.24) is 20.1 Å². The molecule has 1 saturated carbocycles. The Morgan fingerprint density at radius 1 is 1.10 bits per heavy atom. The summed E-state index contributed by atoms with van der Waals surface area (Å²) < 4.78 is 1.80. The van der Waals surface area contributed by atoms with Crippen molar-refractivity contribution in [3.63, 3.8) is 0 Å². The molecule has 1 fully saturated rings. The number of benzene rings is 2. The molecule has 2 aromatic carbocycles. The Morgan fingerprint density at radius 2 is 1.87 bits per heavy atom. The quantitative estimate of drug-likeness (QED) is 0.559. The number of carbonyl (C=O) groups excluding carboxylic acids is 1. The van der Waals surface area contributed by atoms with Crippen LogP contribution in [0.25, 0.3) is 11.1 Å². The van der Waals surface area contributed by atoms with Crippen molar-refractivity contribution in [3.05, 3.63) is 72.3 Å². The van der Waals surface area contributed by atoms with E-state index in [4.69, 9.17) is 5.73 Å². The molecule has 3 aromatic rings. The van der Waals surface area contributed by atoms with Crippen LogP contribution in [0.5, 0.6) is 0 Å². The van der Waals surface area contributed by atoms with Crippen LogP contribution in [0, 0.1) is 11.8 Å². The summed E-state index contributed by atoms with van der Waals surface area (Å²) in [7, 11) is 0. The lowest BCUT2D eigenvalue weighted by Gasteiger charge is -2.18. The highest BCUT2D eigenvalue weighted by atomic mass is 35.5. The van der Waals surface area contributed by atoms with Gasteiger partial charge in [0.2, 0.25) is 5.91 Å². The minimum absolute atomic E-state index is 0. The zero-order valence-corrected chi connectivity index (χ0v) is 18.9. The van der Waals surface area contributed by atoms with E-state index in [1.54, 1.807) is 17.3 Å². The molecule has 0 spiro atoms. The summed E-state index contributed by atoms with van der Waals surface area (Å²) in [6.07, 6.45) is 6.36. The molecule has 1 amide bonds. The number of amides is 1. The lowest BCUT2D eigenvalue weighted by Crippen LogP contribution is -2.34. The molecule has 0 bridgehead atoms. The molecule has 0 aliphatic heterocycles. The van der Waals surface area contributed by atoms with Gasteiger partial charge in [0.05, 0.1) is 6.54 Å². The summed E-state index contributed by atoms with van der Waals surface area (Å²) in [4.78, 5) is 16.6. The maximum Gasteiger partial charge on any atom is 0.223 e. The van der Waals surface area contributed by atoms with Gasteiger partial charge in [0.15, 0.2) is 0 Å². The van der Waals surface area contributed by atoms with Crippen molar-refractivity contribution >= 4 is 30.7 Å². The second-order valence-corrected chi connectivity index (χ2v) is 7.70. The van der Waals surface area contributed by atoms with E-state index in [1.165, 1.54) is 5.56 Å². The standard InChI is InChI=1S/C23H27N5O.2ClH/c24-12-19-5-3-7-22(19)23(29)26-13-20-4-1-2-6-21(20)18-10-8-17(9-11-18)14-28-16-25-15-27-28;;/h1-2,4,6,8-11,15-16,19,22H,3,5,7,12-14,24H2,(H,26,29);2*1H/t19-,22-;;/m1../s1. The van der Waals surface area contributed by atoms with Gasteiger partial charge in [-0.05, 0) is 47.6 Å². The number of hydrogen-bond acceptors (Lipinski definition) is 4. The van der Waals surface area contributed by atoms with Crippen molar-refractivity contribution in [2.24, 2.45) is 17.6 Å². The van der Waals surface area contributed by atoms with Gasteiger partial charge >= 0.3 is 0 Å². The SMILES string of the molecule is Cl.Cl.NC[C@H]1CCC[C@H]1C(=O)NCc1ccccc1-c1ccc(Cn2cncn2)cc1. The third-order valence-corrected chi connectivity index (χ3v) is 5.85. The fourth-order valence-corrected chi connectivity index (χ4v) is 4.22. The van der Waals surface area contributed by atoms with Crippen LogP contribution in [-0.4, -0.2) is 27.2 Å². The second-order valence-electron chi connectivity index (χ2n) is 7.70. The average Bonchev–Trinajstić information content (AvgIpc) is 3.44. The summed E-state index contributed by atoms with van der Waals surface area (Å²) in [6, 6.07) is 16.7. The number of nitrogens with two attached hydrogens (primary N) is 1. The highest BCUT2D eigenvalue weighted by Crippen LogP contribution is 2.31. The first kappa shape index (κ1) is 24.9. The largest absolute Gasteiger partial charge is 0.352 e. The van der Waals surface area contributed by atoms with Crippen LogP contribution in [0.15, 0.2) is 61.2 Å². The molecule has 1 aliphatic rings. The predicted molar refractivity (Wildman–Crippen MR) is 127 cm³/mol. The number of carbonyl (C=O) groups is 1. The van der Waals surface area contributed by atoms with Crippen LogP contribution in [-0.2, 0) is 17.9 Å². The zero-order valence-electron chi connectivity index (χ0n) is 17.3. The smallest absolute Gasteiger partial charge is 0.223 e. The minimum atomic E-state index is 0. The molecule has 0 radical (unpaired) electrons. The highest BCUT2D eigenvalue weighted by Gasteiger charge is 2.31. The van der Waals surface area contributed by atoms with Gasteiger partial charge in [-0.3, -0.25) is 4.79 Å². The number of halogens is 2. The van der Waals surface area contributed by atoms with E-state index in [0.29, 0.717) is 25.6 Å². The molecule has 31 heavy (non-hydrogen) atoms. The minimum Gasteiger partial charge on any atom is -0.352 e. The van der Waals surface area contributed by atoms with Crippen LogP contribution >= 0.6 is 24.8 Å². The Labute approximate surface area is 195 Å². The predicted octanol–water partition coefficient (Wildman–Crippen LogP) is 3.83. The molecule has 0 saturated heterocycles. The molecule has 0 unspecified atom stereocenters. The van der Waals surface area contributed by atoms with Gasteiger partial charge in [-0.1, -0.05) is 55.0 Å². The topological polar surface area (TPSA) is 85.8 Å². The van der Waals surface area contributed by atoms with Crippen LogP contribution in [0.3, 0.4) is 0 Å². The summed E-state index contributed by atoms with van der Waals surface area (Å²) in [5.41, 5.74) is 10.4. The van der Waals surface area contributed by atoms with Gasteiger partial charge < -0.3 is 11.1 Å². The van der Waals surface area contributed by atoms with Crippen LogP contribution in [0.2, 0.25) is 0 Å². The fourth-order valence-electron chi connectivity index (χ4n) is 4.22. The zero-order chi connectivity index (χ0) is 20.1. The van der Waals surface area contributed by atoms with Crippen molar-refractivity contribution < 1.29 is 4.79 Å². The summed E-state index contributed by atoms with van der Waals surface area (Å²) >= 11 is 0. The first-order valence-corrected chi connectivity index (χ1v) is 10.2. The van der Waals surface area contributed by atoms with Gasteiger partial charge in [0, 0.05) is 12.5 Å². The van der Waals surface area contributed by atoms with Crippen molar-refractivity contribution in [1.29, 1.82) is 0 Å². The third-order valence-electron chi connectivity index (χ3n) is 5.85. The van der Waals surface area contributed by atoms with Crippen molar-refractivity contribution in [2.75, 3.05) is 6.54 Å². The number of rotatable bonds is 7. The summed E-state index contributed by atoms with van der Waals surface area (Å²) in [5.74, 6) is 0.516. The number of hydrogen-bond donors (Lipinski definition) is 2. The van der Waals surface area contributed by atoms with E-state index in [9.17, 15) is 4.79 Å². The Kier molecular flexibility index (Phi) is 9.49. The maximum absolute atomic E-state index is 12.7. The molecule has 6 nitrogen and oxygen atoms in total. The number of aromatic nitrogens is 3. The molecular formula is C23H29Cl2N5O. The van der Waals surface area contributed by atoms with Gasteiger partial charge in [-0.15, -0.1) is 24.8 Å². The van der Waals surface area contributed by atoms with Gasteiger partial charge in [0.1, 0.15) is 12.7 Å². The molecule has 2 atom stereocenters. The number of nitrogens with one attached hydrogen (secondary N) is 1. The van der Waals surface area contributed by atoms with E-state index in [2.05, 4.69) is 51.8 Å². The lowest BCUT2D eigenvalue weighted by atomic mass is 9.95. The van der Waals surface area contributed by atoms with Crippen LogP contribution in [0.1, 0.15) is 30.4 Å². The number of nitrogens with zero attached hydrogens (tertiary/aromatic N) is 3. The molecule has 8 heteroatoms. The van der Waals surface area contributed by atoms with Gasteiger partial charge in [-0.2, -0.15) is 5.10 Å². The first-order valence-electron chi connectivity index (χ1n) is 10.2. The molecule has 1 aliphatic carbocycles. The van der Waals surface area contributed by atoms with E-state index in [-0.39, 0.29) is 36.6 Å². The molecule has 1 heterocycles. The molecule has 1 aromatic heterocycles. The van der Waals surface area contributed by atoms with E-state index in [0.717, 1.165) is 36.0 Å². The monoisotopic (exact) mass is 461 g/mol. The molecule has 3 N–H and O–H groups in total. The van der Waals surface area contributed by atoms with Crippen LogP contribution in [0.4, 0.5) is 0 Å². The Balaban J connectivity index is 0.00000171. The molecule has 166 valence electrons. The van der Waals surface area contributed by atoms with E-state index >= 15 is 0 Å². The van der Waals surface area contributed by atoms with Gasteiger partial charge in [-0.25, -0.2) is 9.67 Å². The fraction of sp³-hybridized carbons (Fsp3) is 0.348. The third kappa shape index (κ3) is 6.06. The maximum atomic E-state index is 12.7. The summed E-state index contributed by atoms with van der Waals surface area (Å²) in [6.45, 7) is 1.82. The Morgan fingerprint density at radius 3 is 2.58 bits per heavy atom. The van der Waals surface area contributed by atoms with Crippen molar-refractivity contribution in [3.8, 4) is 11.1 Å². The van der Waals surface area contributed by atoms with E-state index in [1.807, 2.05) is 12.1 Å². The normalized spacial score (nSPS) is 17.5. The molecule has 4 rings (SSSR count). The average molecular weight is 462 g/mol. The first-order chi connectivity index (χ1) is 14.2. The van der Waals surface area contributed by atoms with Crippen LogP contribution < -0.4 is 11.1 Å². The Bertz CT molecular complexity index is 947. The second kappa shape index (κ2) is 11.8. The lowest BCUT2D eigenvalue weighted by molar-refractivity contribution is -0.126. The Hall–Kier alpha value is -2.41. The summed E-state index contributed by atoms with van der Waals surface area (Å²) in [5, 5.41) is 7.29. The highest BCUT2D eigenvalue weighted by molar-refractivity contribution is 5.85. The van der Waals surface area contributed by atoms with Crippen molar-refractivity contribution in [2.45, 2.75) is 32.4 Å². The molecular weight excluding hydrogens is 433 g/mol. The van der Waals surface area contributed by atoms with E-state index < -0.39 is 0 Å². The van der Waals surface area contributed by atoms with Gasteiger partial charge in [0.25, 0.3) is 0 Å².